The van der Waals surface area contributed by atoms with Gasteiger partial charge in [-0.1, -0.05) is 19.3 Å². The third kappa shape index (κ3) is 4.63. The van der Waals surface area contributed by atoms with E-state index in [0.29, 0.717) is 6.04 Å². The molecule has 0 aliphatic heterocycles. The van der Waals surface area contributed by atoms with Crippen molar-refractivity contribution in [1.82, 2.24) is 10.2 Å². The van der Waals surface area contributed by atoms with Crippen LogP contribution in [0.1, 0.15) is 32.6 Å². The molecule has 0 radical (unpaired) electrons. The lowest BCUT2D eigenvalue weighted by atomic mass is 9.83. The number of hydrogen-bond donors (Lipinski definition) is 1. The number of likely N-dealkylation sites (N-methyl/N-ethyl adjacent to an activating group) is 1. The minimum Gasteiger partial charge on any atom is -0.313 e. The van der Waals surface area contributed by atoms with Gasteiger partial charge in [-0.15, -0.1) is 0 Å². The molecule has 1 N–H and O–H groups in total. The normalized spacial score (nSPS) is 20.3. The minimum absolute atomic E-state index is 0.634. The molecule has 2 heteroatoms. The van der Waals surface area contributed by atoms with Crippen molar-refractivity contribution in [2.45, 2.75) is 38.6 Å². The molecule has 1 rings (SSSR count). The van der Waals surface area contributed by atoms with Crippen LogP contribution in [0.5, 0.6) is 0 Å². The zero-order chi connectivity index (χ0) is 9.68. The topological polar surface area (TPSA) is 15.3 Å². The molecule has 1 atom stereocenters. The van der Waals surface area contributed by atoms with Gasteiger partial charge in [0.2, 0.25) is 0 Å². The van der Waals surface area contributed by atoms with Crippen LogP contribution in [0.2, 0.25) is 0 Å². The van der Waals surface area contributed by atoms with Gasteiger partial charge < -0.3 is 10.2 Å². The Balaban J connectivity index is 1.91. The molecule has 1 aliphatic carbocycles. The van der Waals surface area contributed by atoms with Crippen molar-refractivity contribution in [2.24, 2.45) is 5.92 Å². The fraction of sp³-hybridized carbons (Fsp3) is 1.00. The molecule has 1 unspecified atom stereocenters. The molecule has 0 aromatic carbocycles. The van der Waals surface area contributed by atoms with Crippen LogP contribution in [0.3, 0.4) is 0 Å². The highest BCUT2D eigenvalue weighted by Crippen LogP contribution is 2.28. The van der Waals surface area contributed by atoms with Gasteiger partial charge in [0.1, 0.15) is 0 Å². The van der Waals surface area contributed by atoms with Crippen LogP contribution in [0.15, 0.2) is 0 Å². The summed E-state index contributed by atoms with van der Waals surface area (Å²) in [5.74, 6) is 1.04. The second-order valence-electron chi connectivity index (χ2n) is 4.70. The molecule has 13 heavy (non-hydrogen) atoms. The van der Waals surface area contributed by atoms with Crippen molar-refractivity contribution >= 4 is 0 Å². The lowest BCUT2D eigenvalue weighted by Crippen LogP contribution is -2.37. The van der Waals surface area contributed by atoms with Gasteiger partial charge in [-0.25, -0.2) is 0 Å². The summed E-state index contributed by atoms with van der Waals surface area (Å²) in [6, 6.07) is 0.634. The summed E-state index contributed by atoms with van der Waals surface area (Å²) in [4.78, 5) is 2.24. The minimum atomic E-state index is 0.634. The van der Waals surface area contributed by atoms with Gasteiger partial charge in [0, 0.05) is 12.6 Å². The molecular weight excluding hydrogens is 160 g/mol. The van der Waals surface area contributed by atoms with Crippen LogP contribution in [-0.4, -0.2) is 38.1 Å². The smallest absolute Gasteiger partial charge is 0.0166 e. The molecule has 1 saturated carbocycles. The standard InChI is InChI=1S/C11H24N2/c1-10(9-13(2)3)12-8-7-11-5-4-6-11/h10-12H,4-9H2,1-3H3. The van der Waals surface area contributed by atoms with Gasteiger partial charge in [0.05, 0.1) is 0 Å². The quantitative estimate of drug-likeness (QED) is 0.676. The summed E-state index contributed by atoms with van der Waals surface area (Å²) in [5, 5.41) is 3.57. The molecule has 1 fully saturated rings. The average molecular weight is 184 g/mol. The molecule has 0 aromatic rings. The van der Waals surface area contributed by atoms with Gasteiger partial charge in [-0.3, -0.25) is 0 Å². The first-order valence-electron chi connectivity index (χ1n) is 5.56. The molecule has 0 bridgehead atoms. The summed E-state index contributed by atoms with van der Waals surface area (Å²) >= 11 is 0. The molecular formula is C11H24N2. The van der Waals surface area contributed by atoms with E-state index in [1.54, 1.807) is 0 Å². The van der Waals surface area contributed by atoms with E-state index in [-0.39, 0.29) is 0 Å². The predicted molar refractivity (Wildman–Crippen MR) is 58.0 cm³/mol. The van der Waals surface area contributed by atoms with E-state index in [0.717, 1.165) is 12.5 Å². The number of nitrogens with one attached hydrogen (secondary N) is 1. The summed E-state index contributed by atoms with van der Waals surface area (Å²) in [7, 11) is 4.26. The third-order valence-corrected chi connectivity index (χ3v) is 2.91. The molecule has 78 valence electrons. The molecule has 0 heterocycles. The highest BCUT2D eigenvalue weighted by molar-refractivity contribution is 4.71. The highest BCUT2D eigenvalue weighted by Gasteiger charge is 2.16. The van der Waals surface area contributed by atoms with E-state index in [1.807, 2.05) is 0 Å². The Morgan fingerprint density at radius 1 is 1.38 bits per heavy atom. The second-order valence-corrected chi connectivity index (χ2v) is 4.70. The average Bonchev–Trinajstić information content (AvgIpc) is 1.92. The number of nitrogens with zero attached hydrogens (tertiary/aromatic N) is 1. The summed E-state index contributed by atoms with van der Waals surface area (Å²) < 4.78 is 0. The van der Waals surface area contributed by atoms with E-state index in [2.05, 4.69) is 31.2 Å². The van der Waals surface area contributed by atoms with Crippen molar-refractivity contribution in [3.8, 4) is 0 Å². The summed E-state index contributed by atoms with van der Waals surface area (Å²) in [6.07, 6.45) is 5.81. The van der Waals surface area contributed by atoms with Crippen LogP contribution < -0.4 is 5.32 Å². The van der Waals surface area contributed by atoms with Crippen molar-refractivity contribution in [3.63, 3.8) is 0 Å². The Kier molecular flexibility index (Phi) is 4.74. The zero-order valence-corrected chi connectivity index (χ0v) is 9.34. The van der Waals surface area contributed by atoms with Crippen molar-refractivity contribution in [2.75, 3.05) is 27.2 Å². The Bertz CT molecular complexity index is 130. The van der Waals surface area contributed by atoms with Crippen LogP contribution in [-0.2, 0) is 0 Å². The molecule has 1 aliphatic rings. The van der Waals surface area contributed by atoms with Gasteiger partial charge in [0.25, 0.3) is 0 Å². The first-order chi connectivity index (χ1) is 6.18. The van der Waals surface area contributed by atoms with Gasteiger partial charge in [0.15, 0.2) is 0 Å². The zero-order valence-electron chi connectivity index (χ0n) is 9.34. The monoisotopic (exact) mass is 184 g/mol. The van der Waals surface area contributed by atoms with Crippen molar-refractivity contribution in [1.29, 1.82) is 0 Å². The van der Waals surface area contributed by atoms with Gasteiger partial charge in [-0.05, 0) is 39.9 Å². The molecule has 0 saturated heterocycles. The van der Waals surface area contributed by atoms with Gasteiger partial charge in [-0.2, -0.15) is 0 Å². The van der Waals surface area contributed by atoms with E-state index in [4.69, 9.17) is 0 Å². The Morgan fingerprint density at radius 3 is 2.54 bits per heavy atom. The van der Waals surface area contributed by atoms with Crippen LogP contribution >= 0.6 is 0 Å². The largest absolute Gasteiger partial charge is 0.313 e. The first kappa shape index (κ1) is 11.0. The Morgan fingerprint density at radius 2 is 2.08 bits per heavy atom. The number of rotatable bonds is 6. The predicted octanol–water partition coefficient (Wildman–Crippen LogP) is 1.72. The van der Waals surface area contributed by atoms with Gasteiger partial charge >= 0.3 is 0 Å². The number of hydrogen-bond acceptors (Lipinski definition) is 2. The SMILES string of the molecule is CC(CN(C)C)NCCC1CCC1. The second kappa shape index (κ2) is 5.61. The maximum atomic E-state index is 3.57. The highest BCUT2D eigenvalue weighted by atomic mass is 15.1. The Hall–Kier alpha value is -0.0800. The molecule has 0 amide bonds. The van der Waals surface area contributed by atoms with Crippen LogP contribution in [0.25, 0.3) is 0 Å². The van der Waals surface area contributed by atoms with E-state index >= 15 is 0 Å². The maximum absolute atomic E-state index is 3.57. The lowest BCUT2D eigenvalue weighted by Gasteiger charge is -2.26. The Labute approximate surface area is 82.7 Å². The van der Waals surface area contributed by atoms with E-state index in [9.17, 15) is 0 Å². The molecule has 0 aromatic heterocycles. The van der Waals surface area contributed by atoms with Crippen molar-refractivity contribution in [3.05, 3.63) is 0 Å². The molecule has 0 spiro atoms. The molecule has 2 nitrogen and oxygen atoms in total. The third-order valence-electron chi connectivity index (χ3n) is 2.91. The fourth-order valence-electron chi connectivity index (χ4n) is 1.93. The van der Waals surface area contributed by atoms with E-state index < -0.39 is 0 Å². The summed E-state index contributed by atoms with van der Waals surface area (Å²) in [6.45, 7) is 4.62. The summed E-state index contributed by atoms with van der Waals surface area (Å²) in [5.41, 5.74) is 0. The maximum Gasteiger partial charge on any atom is 0.0166 e. The lowest BCUT2D eigenvalue weighted by molar-refractivity contribution is 0.280. The van der Waals surface area contributed by atoms with Crippen molar-refractivity contribution < 1.29 is 0 Å². The van der Waals surface area contributed by atoms with Crippen LogP contribution in [0, 0.1) is 5.92 Å². The van der Waals surface area contributed by atoms with Crippen LogP contribution in [0.4, 0.5) is 0 Å². The fourth-order valence-corrected chi connectivity index (χ4v) is 1.93. The first-order valence-corrected chi connectivity index (χ1v) is 5.56. The van der Waals surface area contributed by atoms with E-state index in [1.165, 1.54) is 32.2 Å².